The summed E-state index contributed by atoms with van der Waals surface area (Å²) in [6, 6.07) is 0. The Kier molecular flexibility index (Phi) is 7.47. The first kappa shape index (κ1) is 15.0. The van der Waals surface area contributed by atoms with Gasteiger partial charge >= 0.3 is 0 Å². The van der Waals surface area contributed by atoms with Gasteiger partial charge in [0.2, 0.25) is 0 Å². The summed E-state index contributed by atoms with van der Waals surface area (Å²) in [5.41, 5.74) is 2.15. The van der Waals surface area contributed by atoms with Gasteiger partial charge in [0.1, 0.15) is 0 Å². The van der Waals surface area contributed by atoms with Gasteiger partial charge in [-0.05, 0) is 24.8 Å². The molecule has 1 aromatic rings. The molecule has 0 radical (unpaired) electrons. The summed E-state index contributed by atoms with van der Waals surface area (Å²) in [6.07, 6.45) is 14.0. The summed E-state index contributed by atoms with van der Waals surface area (Å²) >= 11 is 0. The average Bonchev–Trinajstić information content (AvgIpc) is 2.83. The molecule has 0 saturated heterocycles. The molecule has 0 unspecified atom stereocenters. The zero-order chi connectivity index (χ0) is 13.2. The number of aromatic nitrogens is 1. The number of rotatable bonds is 10. The van der Waals surface area contributed by atoms with Gasteiger partial charge in [-0.1, -0.05) is 46.0 Å². The second kappa shape index (κ2) is 8.96. The molecule has 0 aliphatic rings. The van der Waals surface area contributed by atoms with E-state index in [1.807, 2.05) is 12.4 Å². The highest BCUT2D eigenvalue weighted by Crippen LogP contribution is 2.16. The van der Waals surface area contributed by atoms with E-state index in [9.17, 15) is 4.79 Å². The number of carbonyl (C=O) groups excluding carboxylic acids is 1. The molecule has 0 aliphatic heterocycles. The minimum Gasteiger partial charge on any atom is -0.367 e. The molecule has 0 atom stereocenters. The molecule has 0 saturated carbocycles. The molecule has 102 valence electrons. The number of hydrogen-bond acceptors (Lipinski definition) is 1. The quantitative estimate of drug-likeness (QED) is 0.464. The fourth-order valence-corrected chi connectivity index (χ4v) is 2.27. The van der Waals surface area contributed by atoms with Crippen molar-refractivity contribution in [3.63, 3.8) is 0 Å². The Morgan fingerprint density at radius 1 is 1.00 bits per heavy atom. The molecule has 1 N–H and O–H groups in total. The number of unbranched alkanes of at least 4 members (excludes halogenated alkanes) is 5. The van der Waals surface area contributed by atoms with E-state index in [1.54, 1.807) is 0 Å². The van der Waals surface area contributed by atoms with Crippen LogP contribution in [0.3, 0.4) is 0 Å². The minimum absolute atomic E-state index is 0.315. The van der Waals surface area contributed by atoms with Gasteiger partial charge in [-0.2, -0.15) is 0 Å². The van der Waals surface area contributed by atoms with E-state index < -0.39 is 0 Å². The van der Waals surface area contributed by atoms with Crippen molar-refractivity contribution in [3.05, 3.63) is 23.5 Å². The molecule has 2 heteroatoms. The van der Waals surface area contributed by atoms with Gasteiger partial charge in [-0.25, -0.2) is 0 Å². The van der Waals surface area contributed by atoms with Gasteiger partial charge < -0.3 is 4.98 Å². The van der Waals surface area contributed by atoms with Gasteiger partial charge in [-0.3, -0.25) is 4.79 Å². The number of nitrogens with one attached hydrogen (secondary N) is 1. The molecule has 1 rings (SSSR count). The fourth-order valence-electron chi connectivity index (χ4n) is 2.27. The van der Waals surface area contributed by atoms with E-state index in [0.29, 0.717) is 12.2 Å². The van der Waals surface area contributed by atoms with Crippen molar-refractivity contribution in [1.29, 1.82) is 0 Å². The number of aromatic amines is 1. The maximum Gasteiger partial charge on any atom is 0.164 e. The third-order valence-electron chi connectivity index (χ3n) is 3.44. The lowest BCUT2D eigenvalue weighted by Gasteiger charge is -2.03. The van der Waals surface area contributed by atoms with Crippen molar-refractivity contribution in [2.75, 3.05) is 0 Å². The second-order valence-electron chi connectivity index (χ2n) is 5.09. The molecule has 0 spiro atoms. The molecular weight excluding hydrogens is 222 g/mol. The van der Waals surface area contributed by atoms with Crippen molar-refractivity contribution >= 4 is 5.78 Å². The minimum atomic E-state index is 0.315. The average molecular weight is 249 g/mol. The first-order chi connectivity index (χ1) is 8.79. The molecule has 1 heterocycles. The molecule has 1 aromatic heterocycles. The number of hydrogen-bond donors (Lipinski definition) is 1. The topological polar surface area (TPSA) is 32.9 Å². The van der Waals surface area contributed by atoms with Crippen LogP contribution in [-0.4, -0.2) is 10.8 Å². The lowest BCUT2D eigenvalue weighted by atomic mass is 10.00. The van der Waals surface area contributed by atoms with Crippen LogP contribution in [0.25, 0.3) is 0 Å². The van der Waals surface area contributed by atoms with Gasteiger partial charge in [0.05, 0.1) is 0 Å². The highest BCUT2D eigenvalue weighted by atomic mass is 16.1. The van der Waals surface area contributed by atoms with Gasteiger partial charge in [0.25, 0.3) is 0 Å². The third kappa shape index (κ3) is 5.07. The SMILES string of the molecule is CCCCCCc1c[nH]cc1C(=O)CCCCC. The van der Waals surface area contributed by atoms with E-state index >= 15 is 0 Å². The van der Waals surface area contributed by atoms with Crippen LogP contribution in [0, 0.1) is 0 Å². The zero-order valence-corrected chi connectivity index (χ0v) is 11.9. The molecule has 0 amide bonds. The van der Waals surface area contributed by atoms with Crippen LogP contribution >= 0.6 is 0 Å². The predicted octanol–water partition coefficient (Wildman–Crippen LogP) is 4.90. The van der Waals surface area contributed by atoms with Crippen LogP contribution in [0.15, 0.2) is 12.4 Å². The Labute approximate surface area is 111 Å². The van der Waals surface area contributed by atoms with Gasteiger partial charge in [-0.15, -0.1) is 0 Å². The Hall–Kier alpha value is -1.05. The maximum atomic E-state index is 12.1. The van der Waals surface area contributed by atoms with Crippen molar-refractivity contribution in [2.24, 2.45) is 0 Å². The van der Waals surface area contributed by atoms with E-state index in [0.717, 1.165) is 24.8 Å². The summed E-state index contributed by atoms with van der Waals surface area (Å²) in [4.78, 5) is 15.2. The van der Waals surface area contributed by atoms with E-state index in [4.69, 9.17) is 0 Å². The first-order valence-corrected chi connectivity index (χ1v) is 7.48. The number of Topliss-reactive ketones (excluding diaryl/α,β-unsaturated/α-hetero) is 1. The van der Waals surface area contributed by atoms with Gasteiger partial charge in [0.15, 0.2) is 5.78 Å². The Morgan fingerprint density at radius 3 is 2.44 bits per heavy atom. The van der Waals surface area contributed by atoms with Crippen LogP contribution < -0.4 is 0 Å². The standard InChI is InChI=1S/C16H27NO/c1-3-5-7-9-10-14-12-17-13-15(14)16(18)11-8-6-4-2/h12-13,17H,3-11H2,1-2H3. The van der Waals surface area contributed by atoms with Crippen LogP contribution in [0.1, 0.15) is 81.1 Å². The van der Waals surface area contributed by atoms with E-state index in [2.05, 4.69) is 18.8 Å². The third-order valence-corrected chi connectivity index (χ3v) is 3.44. The van der Waals surface area contributed by atoms with Crippen molar-refractivity contribution in [1.82, 2.24) is 4.98 Å². The Morgan fingerprint density at radius 2 is 1.72 bits per heavy atom. The lowest BCUT2D eigenvalue weighted by molar-refractivity contribution is 0.0978. The molecule has 0 fully saturated rings. The van der Waals surface area contributed by atoms with E-state index in [-0.39, 0.29) is 0 Å². The smallest absolute Gasteiger partial charge is 0.164 e. The number of H-pyrrole nitrogens is 1. The maximum absolute atomic E-state index is 12.1. The molecule has 18 heavy (non-hydrogen) atoms. The van der Waals surface area contributed by atoms with Crippen LogP contribution in [0.4, 0.5) is 0 Å². The Balaban J connectivity index is 2.40. The summed E-state index contributed by atoms with van der Waals surface area (Å²) in [5, 5.41) is 0. The number of ketones is 1. The first-order valence-electron chi connectivity index (χ1n) is 7.48. The van der Waals surface area contributed by atoms with Crippen LogP contribution in [0.5, 0.6) is 0 Å². The van der Waals surface area contributed by atoms with Crippen molar-refractivity contribution < 1.29 is 4.79 Å². The monoisotopic (exact) mass is 249 g/mol. The largest absolute Gasteiger partial charge is 0.367 e. The predicted molar refractivity (Wildman–Crippen MR) is 77.1 cm³/mol. The zero-order valence-electron chi connectivity index (χ0n) is 11.9. The lowest BCUT2D eigenvalue weighted by Crippen LogP contribution is -2.01. The molecule has 0 aromatic carbocycles. The normalized spacial score (nSPS) is 10.8. The highest BCUT2D eigenvalue weighted by molar-refractivity contribution is 5.97. The molecule has 0 bridgehead atoms. The van der Waals surface area contributed by atoms with Crippen LogP contribution in [-0.2, 0) is 6.42 Å². The van der Waals surface area contributed by atoms with Gasteiger partial charge in [0, 0.05) is 24.4 Å². The highest BCUT2D eigenvalue weighted by Gasteiger charge is 2.11. The second-order valence-corrected chi connectivity index (χ2v) is 5.09. The van der Waals surface area contributed by atoms with Crippen molar-refractivity contribution in [2.45, 2.75) is 71.6 Å². The summed E-state index contributed by atoms with van der Waals surface area (Å²) in [6.45, 7) is 4.39. The molecule has 2 nitrogen and oxygen atoms in total. The molecule has 0 aliphatic carbocycles. The van der Waals surface area contributed by atoms with Crippen LogP contribution in [0.2, 0.25) is 0 Å². The number of carbonyl (C=O) groups is 1. The molecular formula is C16H27NO. The Bertz CT molecular complexity index is 341. The van der Waals surface area contributed by atoms with Crippen molar-refractivity contribution in [3.8, 4) is 0 Å². The van der Waals surface area contributed by atoms with E-state index in [1.165, 1.54) is 37.7 Å². The summed E-state index contributed by atoms with van der Waals surface area (Å²) < 4.78 is 0. The number of aryl methyl sites for hydroxylation is 1. The summed E-state index contributed by atoms with van der Waals surface area (Å²) in [5.74, 6) is 0.315. The fraction of sp³-hybridized carbons (Fsp3) is 0.688. The summed E-state index contributed by atoms with van der Waals surface area (Å²) in [7, 11) is 0.